The number of hydrogen-bond donors (Lipinski definition) is 1. The predicted molar refractivity (Wildman–Crippen MR) is 106 cm³/mol. The van der Waals surface area contributed by atoms with Crippen LogP contribution in [0.3, 0.4) is 0 Å². The Kier molecular flexibility index (Phi) is 6.34. The number of carbonyl (C=O) groups excluding carboxylic acids is 1. The lowest BCUT2D eigenvalue weighted by atomic mass is 9.79. The normalized spacial score (nSPS) is 20.0. The minimum Gasteiger partial charge on any atom is -0.357 e. The van der Waals surface area contributed by atoms with Crippen molar-refractivity contribution in [3.05, 3.63) is 35.6 Å². The van der Waals surface area contributed by atoms with Gasteiger partial charge in [-0.05, 0) is 37.5 Å². The first-order valence-electron chi connectivity index (χ1n) is 10.1. The summed E-state index contributed by atoms with van der Waals surface area (Å²) in [5, 5.41) is 3.41. The monoisotopic (exact) mass is 374 g/mol. The summed E-state index contributed by atoms with van der Waals surface area (Å²) in [7, 11) is 0. The van der Waals surface area contributed by atoms with E-state index in [2.05, 4.69) is 17.1 Å². The van der Waals surface area contributed by atoms with Gasteiger partial charge in [0.1, 0.15) is 5.82 Å². The molecule has 0 bridgehead atoms. The molecule has 1 heterocycles. The zero-order chi connectivity index (χ0) is 19.3. The first-order valence-corrected chi connectivity index (χ1v) is 10.1. The number of halogens is 1. The maximum absolute atomic E-state index is 13.4. The van der Waals surface area contributed by atoms with Gasteiger partial charge in [-0.15, -0.1) is 0 Å². The molecule has 1 amide bonds. The van der Waals surface area contributed by atoms with Gasteiger partial charge in [0.05, 0.1) is 6.54 Å². The van der Waals surface area contributed by atoms with E-state index in [9.17, 15) is 9.18 Å². The Hall–Kier alpha value is -2.11. The first kappa shape index (κ1) is 19.6. The second kappa shape index (κ2) is 8.72. The quantitative estimate of drug-likeness (QED) is 0.651. The number of amides is 1. The smallest absolute Gasteiger partial charge is 0.219 e. The zero-order valence-electron chi connectivity index (χ0n) is 16.5. The molecule has 1 aliphatic carbocycles. The second-order valence-electron chi connectivity index (χ2n) is 7.66. The van der Waals surface area contributed by atoms with Gasteiger partial charge in [-0.25, -0.2) is 4.39 Å². The van der Waals surface area contributed by atoms with Crippen LogP contribution in [0, 0.1) is 5.82 Å². The highest BCUT2D eigenvalue weighted by Gasteiger charge is 2.36. The van der Waals surface area contributed by atoms with Crippen molar-refractivity contribution in [1.29, 1.82) is 0 Å². The van der Waals surface area contributed by atoms with Crippen molar-refractivity contribution < 1.29 is 9.18 Å². The fraction of sp³-hybridized carbons (Fsp3) is 0.619. The molecule has 1 aromatic rings. The molecule has 148 valence electrons. The Morgan fingerprint density at radius 1 is 1.11 bits per heavy atom. The summed E-state index contributed by atoms with van der Waals surface area (Å²) < 4.78 is 13.4. The minimum absolute atomic E-state index is 0.00950. The topological polar surface area (TPSA) is 47.9 Å². The fourth-order valence-electron chi connectivity index (χ4n) is 4.28. The average molecular weight is 375 g/mol. The molecule has 27 heavy (non-hydrogen) atoms. The Labute approximate surface area is 161 Å². The molecule has 2 fully saturated rings. The van der Waals surface area contributed by atoms with Crippen molar-refractivity contribution in [1.82, 2.24) is 15.1 Å². The van der Waals surface area contributed by atoms with Crippen LogP contribution >= 0.6 is 0 Å². The zero-order valence-corrected chi connectivity index (χ0v) is 16.5. The molecule has 1 aromatic carbocycles. The Morgan fingerprint density at radius 3 is 2.26 bits per heavy atom. The number of benzene rings is 1. The number of carbonyl (C=O) groups is 1. The lowest BCUT2D eigenvalue weighted by molar-refractivity contribution is -0.130. The van der Waals surface area contributed by atoms with Crippen LogP contribution in [0.1, 0.15) is 45.1 Å². The molecule has 1 N–H and O–H groups in total. The summed E-state index contributed by atoms with van der Waals surface area (Å²) in [5.41, 5.74) is 1.21. The van der Waals surface area contributed by atoms with Crippen molar-refractivity contribution in [2.75, 3.05) is 39.3 Å². The van der Waals surface area contributed by atoms with Crippen molar-refractivity contribution in [3.63, 3.8) is 0 Å². The maximum Gasteiger partial charge on any atom is 0.219 e. The summed E-state index contributed by atoms with van der Waals surface area (Å²) in [4.78, 5) is 20.7. The van der Waals surface area contributed by atoms with Crippen molar-refractivity contribution in [2.24, 2.45) is 4.99 Å². The second-order valence-corrected chi connectivity index (χ2v) is 7.66. The van der Waals surface area contributed by atoms with Crippen LogP contribution in [0.25, 0.3) is 0 Å². The van der Waals surface area contributed by atoms with Gasteiger partial charge >= 0.3 is 0 Å². The Morgan fingerprint density at radius 2 is 1.70 bits per heavy atom. The number of nitrogens with one attached hydrogen (secondary N) is 1. The van der Waals surface area contributed by atoms with E-state index in [-0.39, 0.29) is 17.1 Å². The number of guanidine groups is 1. The van der Waals surface area contributed by atoms with Crippen LogP contribution in [0.4, 0.5) is 4.39 Å². The highest BCUT2D eigenvalue weighted by Crippen LogP contribution is 2.41. The standard InChI is InChI=1S/C21H31FN4O/c1-3-23-20(26-14-12-25(13-15-26)17(2)27)24-16-21(10-4-5-11-21)18-6-8-19(22)9-7-18/h6-9H,3-5,10-16H2,1-2H3,(H,23,24). The maximum atomic E-state index is 13.4. The third-order valence-corrected chi connectivity index (χ3v) is 5.91. The van der Waals surface area contributed by atoms with E-state index < -0.39 is 0 Å². The van der Waals surface area contributed by atoms with Crippen LogP contribution < -0.4 is 5.32 Å². The number of hydrogen-bond acceptors (Lipinski definition) is 2. The van der Waals surface area contributed by atoms with Gasteiger partial charge in [0.15, 0.2) is 5.96 Å². The van der Waals surface area contributed by atoms with Gasteiger partial charge in [-0.1, -0.05) is 25.0 Å². The molecule has 0 aromatic heterocycles. The largest absolute Gasteiger partial charge is 0.357 e. The van der Waals surface area contributed by atoms with Crippen LogP contribution in [0.15, 0.2) is 29.3 Å². The van der Waals surface area contributed by atoms with E-state index in [1.165, 1.54) is 18.4 Å². The van der Waals surface area contributed by atoms with E-state index in [0.29, 0.717) is 6.54 Å². The third kappa shape index (κ3) is 4.60. The van der Waals surface area contributed by atoms with Crippen LogP contribution in [0.5, 0.6) is 0 Å². The summed E-state index contributed by atoms with van der Waals surface area (Å²) in [6.07, 6.45) is 4.58. The molecule has 0 spiro atoms. The molecule has 3 rings (SSSR count). The summed E-state index contributed by atoms with van der Waals surface area (Å²) >= 11 is 0. The number of piperazine rings is 1. The minimum atomic E-state index is -0.188. The van der Waals surface area contributed by atoms with Gasteiger partial charge in [0.2, 0.25) is 5.91 Å². The first-order chi connectivity index (χ1) is 13.0. The Bertz CT molecular complexity index is 659. The molecule has 1 aliphatic heterocycles. The average Bonchev–Trinajstić information content (AvgIpc) is 3.16. The van der Waals surface area contributed by atoms with E-state index in [4.69, 9.17) is 4.99 Å². The van der Waals surface area contributed by atoms with Crippen molar-refractivity contribution in [3.8, 4) is 0 Å². The molecule has 0 radical (unpaired) electrons. The van der Waals surface area contributed by atoms with E-state index in [1.807, 2.05) is 17.0 Å². The molecule has 1 saturated heterocycles. The SMILES string of the molecule is CCNC(=NCC1(c2ccc(F)cc2)CCCC1)N1CCN(C(C)=O)CC1. The van der Waals surface area contributed by atoms with Gasteiger partial charge in [0, 0.05) is 45.1 Å². The molecule has 6 heteroatoms. The third-order valence-electron chi connectivity index (χ3n) is 5.91. The van der Waals surface area contributed by atoms with Crippen LogP contribution in [-0.2, 0) is 10.2 Å². The highest BCUT2D eigenvalue weighted by molar-refractivity contribution is 5.80. The highest BCUT2D eigenvalue weighted by atomic mass is 19.1. The molecular weight excluding hydrogens is 343 g/mol. The molecule has 5 nitrogen and oxygen atoms in total. The van der Waals surface area contributed by atoms with E-state index in [0.717, 1.165) is 51.5 Å². The number of aliphatic imine (C=N–C) groups is 1. The van der Waals surface area contributed by atoms with Gasteiger partial charge in [0.25, 0.3) is 0 Å². The van der Waals surface area contributed by atoms with Crippen LogP contribution in [-0.4, -0.2) is 60.9 Å². The van der Waals surface area contributed by atoms with Crippen molar-refractivity contribution >= 4 is 11.9 Å². The van der Waals surface area contributed by atoms with E-state index >= 15 is 0 Å². The van der Waals surface area contributed by atoms with Crippen LogP contribution in [0.2, 0.25) is 0 Å². The molecule has 0 atom stereocenters. The van der Waals surface area contributed by atoms with Gasteiger partial charge in [-0.2, -0.15) is 0 Å². The lowest BCUT2D eigenvalue weighted by Gasteiger charge is -2.36. The molecule has 1 saturated carbocycles. The predicted octanol–water partition coefficient (Wildman–Crippen LogP) is 2.77. The van der Waals surface area contributed by atoms with E-state index in [1.54, 1.807) is 19.1 Å². The fourth-order valence-corrected chi connectivity index (χ4v) is 4.28. The summed E-state index contributed by atoms with van der Waals surface area (Å²) in [6, 6.07) is 6.97. The van der Waals surface area contributed by atoms with Crippen molar-refractivity contribution in [2.45, 2.75) is 44.9 Å². The summed E-state index contributed by atoms with van der Waals surface area (Å²) in [6.45, 7) is 8.31. The number of nitrogens with zero attached hydrogens (tertiary/aromatic N) is 3. The lowest BCUT2D eigenvalue weighted by Crippen LogP contribution is -2.53. The number of rotatable bonds is 4. The molecule has 0 unspecified atom stereocenters. The van der Waals surface area contributed by atoms with Gasteiger partial charge in [-0.3, -0.25) is 9.79 Å². The summed E-state index contributed by atoms with van der Waals surface area (Å²) in [5.74, 6) is 0.874. The molecular formula is C21H31FN4O. The van der Waals surface area contributed by atoms with Gasteiger partial charge < -0.3 is 15.1 Å². The Balaban J connectivity index is 1.74. The molecule has 2 aliphatic rings.